The van der Waals surface area contributed by atoms with Crippen LogP contribution in [0.15, 0.2) is 29.4 Å². The molecule has 2 heterocycles. The number of aromatic nitrogens is 3. The summed E-state index contributed by atoms with van der Waals surface area (Å²) in [5.74, 6) is 1.45. The molecule has 0 unspecified atom stereocenters. The molecular weight excluding hydrogens is 332 g/mol. The lowest BCUT2D eigenvalue weighted by atomic mass is 9.87. The molecule has 1 saturated heterocycles. The van der Waals surface area contributed by atoms with E-state index in [9.17, 15) is 4.79 Å². The number of benzene rings is 1. The average molecular weight is 359 g/mol. The van der Waals surface area contributed by atoms with Gasteiger partial charge in [0.1, 0.15) is 0 Å². The van der Waals surface area contributed by atoms with Crippen molar-refractivity contribution < 1.29 is 4.79 Å². The standard InChI is InChI=1S/C19H26N4OS/c1-19(2,3)15-9-7-14(8-10-15)17-20-21-18(22(17)4)25-13-16(24)23-11-5-6-12-23/h7-10H,5-6,11-13H2,1-4H3. The molecule has 0 saturated carbocycles. The molecule has 1 aromatic carbocycles. The first kappa shape index (κ1) is 18.0. The topological polar surface area (TPSA) is 51.0 Å². The molecule has 2 aromatic rings. The second-order valence-electron chi connectivity index (χ2n) is 7.57. The molecule has 1 amide bonds. The highest BCUT2D eigenvalue weighted by molar-refractivity contribution is 7.99. The number of likely N-dealkylation sites (tertiary alicyclic amines) is 1. The summed E-state index contributed by atoms with van der Waals surface area (Å²) in [5.41, 5.74) is 2.47. The van der Waals surface area contributed by atoms with E-state index in [1.807, 2.05) is 16.5 Å². The van der Waals surface area contributed by atoms with Gasteiger partial charge in [0.2, 0.25) is 5.91 Å². The van der Waals surface area contributed by atoms with E-state index in [4.69, 9.17) is 0 Å². The summed E-state index contributed by atoms with van der Waals surface area (Å²) in [6, 6.07) is 8.48. The van der Waals surface area contributed by atoms with Crippen LogP contribution in [0.3, 0.4) is 0 Å². The minimum Gasteiger partial charge on any atom is -0.342 e. The van der Waals surface area contributed by atoms with Gasteiger partial charge in [0.05, 0.1) is 5.75 Å². The summed E-state index contributed by atoms with van der Waals surface area (Å²) in [5, 5.41) is 9.37. The first-order valence-corrected chi connectivity index (χ1v) is 9.76. The number of nitrogens with zero attached hydrogens (tertiary/aromatic N) is 4. The molecule has 1 aromatic heterocycles. The molecule has 1 fully saturated rings. The van der Waals surface area contributed by atoms with Gasteiger partial charge in [-0.05, 0) is 23.8 Å². The molecule has 3 rings (SSSR count). The third kappa shape index (κ3) is 4.06. The van der Waals surface area contributed by atoms with Crippen LogP contribution in [0.25, 0.3) is 11.4 Å². The minimum atomic E-state index is 0.134. The van der Waals surface area contributed by atoms with Crippen LogP contribution in [0.5, 0.6) is 0 Å². The van der Waals surface area contributed by atoms with Crippen LogP contribution in [0.4, 0.5) is 0 Å². The van der Waals surface area contributed by atoms with Gasteiger partial charge in [0.25, 0.3) is 0 Å². The van der Waals surface area contributed by atoms with Crippen molar-refractivity contribution in [3.05, 3.63) is 29.8 Å². The van der Waals surface area contributed by atoms with Crippen molar-refractivity contribution in [2.45, 2.75) is 44.2 Å². The van der Waals surface area contributed by atoms with Crippen molar-refractivity contribution in [2.24, 2.45) is 7.05 Å². The van der Waals surface area contributed by atoms with Crippen molar-refractivity contribution in [2.75, 3.05) is 18.8 Å². The summed E-state index contributed by atoms with van der Waals surface area (Å²) >= 11 is 1.46. The quantitative estimate of drug-likeness (QED) is 0.785. The molecular formula is C19H26N4OS. The number of carbonyl (C=O) groups excluding carboxylic acids is 1. The zero-order valence-electron chi connectivity index (χ0n) is 15.5. The molecule has 6 heteroatoms. The minimum absolute atomic E-state index is 0.134. The van der Waals surface area contributed by atoms with E-state index in [0.717, 1.165) is 42.5 Å². The number of hydrogen-bond acceptors (Lipinski definition) is 4. The summed E-state index contributed by atoms with van der Waals surface area (Å²) in [6.07, 6.45) is 2.24. The molecule has 1 aliphatic heterocycles. The Morgan fingerprint density at radius 2 is 1.76 bits per heavy atom. The summed E-state index contributed by atoms with van der Waals surface area (Å²) in [4.78, 5) is 14.1. The Bertz CT molecular complexity index is 740. The van der Waals surface area contributed by atoms with Gasteiger partial charge >= 0.3 is 0 Å². The van der Waals surface area contributed by atoms with Crippen LogP contribution >= 0.6 is 11.8 Å². The van der Waals surface area contributed by atoms with Gasteiger partial charge in [-0.3, -0.25) is 4.79 Å². The van der Waals surface area contributed by atoms with E-state index in [-0.39, 0.29) is 11.3 Å². The van der Waals surface area contributed by atoms with Gasteiger partial charge in [-0.1, -0.05) is 56.8 Å². The van der Waals surface area contributed by atoms with Gasteiger partial charge in [-0.25, -0.2) is 0 Å². The SMILES string of the molecule is Cn1c(SCC(=O)N2CCCC2)nnc1-c1ccc(C(C)(C)C)cc1. The number of carbonyl (C=O) groups is 1. The van der Waals surface area contributed by atoms with Crippen LogP contribution in [0.1, 0.15) is 39.2 Å². The predicted molar refractivity (Wildman–Crippen MR) is 102 cm³/mol. The fourth-order valence-electron chi connectivity index (χ4n) is 3.00. The average Bonchev–Trinajstić information content (AvgIpc) is 3.22. The van der Waals surface area contributed by atoms with Crippen LogP contribution in [0.2, 0.25) is 0 Å². The Morgan fingerprint density at radius 3 is 2.36 bits per heavy atom. The van der Waals surface area contributed by atoms with E-state index in [1.165, 1.54) is 17.3 Å². The van der Waals surface area contributed by atoms with Gasteiger partial charge in [0.15, 0.2) is 11.0 Å². The number of hydrogen-bond donors (Lipinski definition) is 0. The maximum absolute atomic E-state index is 12.2. The second kappa shape index (κ2) is 7.20. The Labute approximate surface area is 153 Å². The Balaban J connectivity index is 1.69. The molecule has 5 nitrogen and oxygen atoms in total. The van der Waals surface area contributed by atoms with E-state index in [0.29, 0.717) is 5.75 Å². The third-order valence-electron chi connectivity index (χ3n) is 4.63. The van der Waals surface area contributed by atoms with Crippen LogP contribution < -0.4 is 0 Å². The molecule has 0 aliphatic carbocycles. The largest absolute Gasteiger partial charge is 0.342 e. The third-order valence-corrected chi connectivity index (χ3v) is 5.63. The fraction of sp³-hybridized carbons (Fsp3) is 0.526. The van der Waals surface area contributed by atoms with Crippen molar-refractivity contribution in [3.8, 4) is 11.4 Å². The Kier molecular flexibility index (Phi) is 5.18. The smallest absolute Gasteiger partial charge is 0.233 e. The lowest BCUT2D eigenvalue weighted by molar-refractivity contribution is -0.127. The first-order chi connectivity index (χ1) is 11.9. The Hall–Kier alpha value is -1.82. The zero-order valence-corrected chi connectivity index (χ0v) is 16.3. The number of thioether (sulfide) groups is 1. The monoisotopic (exact) mass is 358 g/mol. The number of rotatable bonds is 4. The van der Waals surface area contributed by atoms with Crippen molar-refractivity contribution in [3.63, 3.8) is 0 Å². The maximum atomic E-state index is 12.2. The van der Waals surface area contributed by atoms with Gasteiger partial charge in [0, 0.05) is 25.7 Å². The van der Waals surface area contributed by atoms with Crippen LogP contribution in [-0.2, 0) is 17.3 Å². The second-order valence-corrected chi connectivity index (χ2v) is 8.51. The highest BCUT2D eigenvalue weighted by Crippen LogP contribution is 2.27. The molecule has 0 bridgehead atoms. The van der Waals surface area contributed by atoms with E-state index in [1.54, 1.807) is 0 Å². The molecule has 0 spiro atoms. The van der Waals surface area contributed by atoms with Gasteiger partial charge in [-0.2, -0.15) is 0 Å². The number of amides is 1. The normalized spacial score (nSPS) is 15.0. The lowest BCUT2D eigenvalue weighted by Gasteiger charge is -2.19. The summed E-state index contributed by atoms with van der Waals surface area (Å²) in [7, 11) is 1.95. The fourth-order valence-corrected chi connectivity index (χ4v) is 3.81. The van der Waals surface area contributed by atoms with Crippen molar-refractivity contribution in [1.82, 2.24) is 19.7 Å². The lowest BCUT2D eigenvalue weighted by Crippen LogP contribution is -2.29. The molecule has 25 heavy (non-hydrogen) atoms. The molecule has 1 aliphatic rings. The Morgan fingerprint density at radius 1 is 1.12 bits per heavy atom. The van der Waals surface area contributed by atoms with Crippen LogP contribution in [0, 0.1) is 0 Å². The van der Waals surface area contributed by atoms with E-state index >= 15 is 0 Å². The molecule has 0 radical (unpaired) electrons. The van der Waals surface area contributed by atoms with E-state index < -0.39 is 0 Å². The summed E-state index contributed by atoms with van der Waals surface area (Å²) < 4.78 is 1.97. The highest BCUT2D eigenvalue weighted by Gasteiger charge is 2.20. The molecule has 134 valence electrons. The van der Waals surface area contributed by atoms with Gasteiger partial charge < -0.3 is 9.47 Å². The van der Waals surface area contributed by atoms with Crippen molar-refractivity contribution >= 4 is 17.7 Å². The first-order valence-electron chi connectivity index (χ1n) is 8.77. The van der Waals surface area contributed by atoms with Gasteiger partial charge in [-0.15, -0.1) is 10.2 Å². The maximum Gasteiger partial charge on any atom is 0.233 e. The highest BCUT2D eigenvalue weighted by atomic mass is 32.2. The molecule has 0 atom stereocenters. The van der Waals surface area contributed by atoms with Crippen molar-refractivity contribution in [1.29, 1.82) is 0 Å². The van der Waals surface area contributed by atoms with E-state index in [2.05, 4.69) is 55.2 Å². The summed E-state index contributed by atoms with van der Waals surface area (Å²) in [6.45, 7) is 8.40. The molecule has 0 N–H and O–H groups in total. The predicted octanol–water partition coefficient (Wildman–Crippen LogP) is 3.49. The van der Waals surface area contributed by atoms with Crippen LogP contribution in [-0.4, -0.2) is 44.4 Å². The zero-order chi connectivity index (χ0) is 18.0.